The molecule has 39 heavy (non-hydrogen) atoms. The van der Waals surface area contributed by atoms with E-state index < -0.39 is 5.97 Å². The minimum Gasteiger partial charge on any atom is -0.481 e. The molecule has 3 aromatic carbocycles. The summed E-state index contributed by atoms with van der Waals surface area (Å²) in [4.78, 5) is 11.6. The molecule has 0 bridgehead atoms. The Balaban J connectivity index is 1.51. The van der Waals surface area contributed by atoms with Crippen molar-refractivity contribution in [2.24, 2.45) is 5.41 Å². The molecule has 1 N–H and O–H groups in total. The quantitative estimate of drug-likeness (QED) is 0.142. The predicted octanol–water partition coefficient (Wildman–Crippen LogP) is 7.83. The van der Waals surface area contributed by atoms with Crippen molar-refractivity contribution in [2.45, 2.75) is 71.2 Å². The molecule has 0 amide bonds. The van der Waals surface area contributed by atoms with Gasteiger partial charge in [0.05, 0.1) is 19.8 Å². The zero-order valence-electron chi connectivity index (χ0n) is 23.1. The summed E-state index contributed by atoms with van der Waals surface area (Å²) in [5.74, 6) is -0.736. The van der Waals surface area contributed by atoms with Gasteiger partial charge in [0.2, 0.25) is 0 Å². The minimum atomic E-state index is -0.736. The molecule has 0 aliphatic heterocycles. The molecule has 0 fully saturated rings. The summed E-state index contributed by atoms with van der Waals surface area (Å²) in [5.41, 5.74) is 3.43. The lowest BCUT2D eigenvalue weighted by molar-refractivity contribution is -0.137. The first-order valence-electron chi connectivity index (χ1n) is 14.2. The van der Waals surface area contributed by atoms with Crippen molar-refractivity contribution in [1.82, 2.24) is 0 Å². The minimum absolute atomic E-state index is 0.0687. The second kappa shape index (κ2) is 18.3. The molecule has 0 aliphatic carbocycles. The average Bonchev–Trinajstić information content (AvgIpc) is 2.97. The molecule has 0 radical (unpaired) electrons. The third kappa shape index (κ3) is 13.1. The number of carbonyl (C=O) groups is 1. The molecule has 0 unspecified atom stereocenters. The van der Waals surface area contributed by atoms with Crippen LogP contribution in [0.5, 0.6) is 0 Å². The van der Waals surface area contributed by atoms with Gasteiger partial charge in [-0.1, -0.05) is 91.0 Å². The Morgan fingerprint density at radius 2 is 0.872 bits per heavy atom. The average molecular weight is 533 g/mol. The van der Waals surface area contributed by atoms with Gasteiger partial charge in [-0.25, -0.2) is 0 Å². The summed E-state index contributed by atoms with van der Waals surface area (Å²) in [6.07, 6.45) is 6.37. The van der Waals surface area contributed by atoms with Crippen molar-refractivity contribution < 1.29 is 24.1 Å². The number of hydrogen-bond acceptors (Lipinski definition) is 4. The van der Waals surface area contributed by atoms with Crippen LogP contribution >= 0.6 is 0 Å². The Labute approximate surface area is 234 Å². The number of carboxylic acids is 1. The van der Waals surface area contributed by atoms with Crippen LogP contribution in [0.4, 0.5) is 0 Å². The van der Waals surface area contributed by atoms with Gasteiger partial charge in [0.25, 0.3) is 0 Å². The summed E-state index contributed by atoms with van der Waals surface area (Å²) in [7, 11) is 0. The van der Waals surface area contributed by atoms with E-state index in [1.165, 1.54) is 16.7 Å². The van der Waals surface area contributed by atoms with Crippen LogP contribution in [0.15, 0.2) is 91.0 Å². The van der Waals surface area contributed by atoms with E-state index in [1.807, 2.05) is 54.6 Å². The number of benzene rings is 3. The van der Waals surface area contributed by atoms with Crippen LogP contribution in [0.1, 0.15) is 68.1 Å². The lowest BCUT2D eigenvalue weighted by Crippen LogP contribution is -2.24. The molecule has 5 heteroatoms. The second-order valence-electron chi connectivity index (χ2n) is 10.3. The summed E-state index contributed by atoms with van der Waals surface area (Å²) in [5, 5.41) is 9.51. The first-order valence-corrected chi connectivity index (χ1v) is 14.2. The Morgan fingerprint density at radius 1 is 0.538 bits per heavy atom. The number of aliphatic carboxylic acids is 1. The van der Waals surface area contributed by atoms with Crippen LogP contribution in [0.2, 0.25) is 0 Å². The molecule has 0 atom stereocenters. The largest absolute Gasteiger partial charge is 0.481 e. The van der Waals surface area contributed by atoms with Crippen LogP contribution in [-0.4, -0.2) is 30.9 Å². The third-order valence-electron chi connectivity index (χ3n) is 7.19. The molecule has 210 valence electrons. The zero-order chi connectivity index (χ0) is 27.4. The van der Waals surface area contributed by atoms with Crippen molar-refractivity contribution in [1.29, 1.82) is 0 Å². The van der Waals surface area contributed by atoms with Gasteiger partial charge in [0.1, 0.15) is 0 Å². The number of ether oxygens (including phenoxy) is 3. The lowest BCUT2D eigenvalue weighted by Gasteiger charge is -2.34. The number of carboxylic acid groups (broad SMARTS) is 1. The van der Waals surface area contributed by atoms with E-state index in [0.717, 1.165) is 38.5 Å². The van der Waals surface area contributed by atoms with Crippen LogP contribution in [0.3, 0.4) is 0 Å². The fraction of sp³-hybridized carbons (Fsp3) is 0.441. The summed E-state index contributed by atoms with van der Waals surface area (Å²) in [6, 6.07) is 30.6. The number of rotatable bonds is 21. The topological polar surface area (TPSA) is 65.0 Å². The van der Waals surface area contributed by atoms with E-state index in [2.05, 4.69) is 36.4 Å². The zero-order valence-corrected chi connectivity index (χ0v) is 23.1. The van der Waals surface area contributed by atoms with Gasteiger partial charge in [-0.3, -0.25) is 4.79 Å². The SMILES string of the molecule is O=C(O)CCC(CCCOCc1ccccc1)(CCCOCc1ccccc1)CCCOCc1ccccc1. The van der Waals surface area contributed by atoms with Crippen molar-refractivity contribution in [2.75, 3.05) is 19.8 Å². The molecule has 3 rings (SSSR count). The highest BCUT2D eigenvalue weighted by Crippen LogP contribution is 2.40. The maximum atomic E-state index is 11.6. The van der Waals surface area contributed by atoms with Crippen LogP contribution in [0.25, 0.3) is 0 Å². The van der Waals surface area contributed by atoms with E-state index in [4.69, 9.17) is 14.2 Å². The Hall–Kier alpha value is -2.99. The lowest BCUT2D eigenvalue weighted by atomic mass is 9.72. The van der Waals surface area contributed by atoms with E-state index in [-0.39, 0.29) is 11.8 Å². The molecule has 0 aromatic heterocycles. The predicted molar refractivity (Wildman–Crippen MR) is 155 cm³/mol. The number of hydrogen-bond donors (Lipinski definition) is 1. The van der Waals surface area contributed by atoms with Crippen LogP contribution in [0, 0.1) is 5.41 Å². The second-order valence-corrected chi connectivity index (χ2v) is 10.3. The fourth-order valence-corrected chi connectivity index (χ4v) is 5.06. The fourth-order valence-electron chi connectivity index (χ4n) is 5.06. The highest BCUT2D eigenvalue weighted by Gasteiger charge is 2.29. The summed E-state index contributed by atoms with van der Waals surface area (Å²) in [6.45, 7) is 3.80. The van der Waals surface area contributed by atoms with E-state index in [9.17, 15) is 9.90 Å². The van der Waals surface area contributed by atoms with Gasteiger partial charge in [-0.05, 0) is 67.1 Å². The third-order valence-corrected chi connectivity index (χ3v) is 7.19. The Morgan fingerprint density at radius 3 is 1.18 bits per heavy atom. The first kappa shape index (κ1) is 30.6. The maximum absolute atomic E-state index is 11.6. The van der Waals surface area contributed by atoms with Gasteiger partial charge in [0, 0.05) is 26.2 Å². The van der Waals surface area contributed by atoms with Gasteiger partial charge < -0.3 is 19.3 Å². The van der Waals surface area contributed by atoms with Crippen molar-refractivity contribution in [3.05, 3.63) is 108 Å². The molecule has 0 heterocycles. The Bertz CT molecular complexity index is 903. The smallest absolute Gasteiger partial charge is 0.303 e. The first-order chi connectivity index (χ1) is 19.2. The standard InChI is InChI=1S/C34H44O5/c35-33(36)19-23-34(20-10-24-37-27-30-13-4-1-5-14-30,21-11-25-38-28-31-15-6-2-7-16-31)22-12-26-39-29-32-17-8-3-9-18-32/h1-9,13-18H,10-12,19-29H2,(H,35,36). The normalized spacial score (nSPS) is 11.5. The van der Waals surface area contributed by atoms with Crippen molar-refractivity contribution >= 4 is 5.97 Å². The van der Waals surface area contributed by atoms with Crippen LogP contribution < -0.4 is 0 Å². The van der Waals surface area contributed by atoms with Gasteiger partial charge in [-0.2, -0.15) is 0 Å². The molecule has 0 saturated heterocycles. The van der Waals surface area contributed by atoms with E-state index in [1.54, 1.807) is 0 Å². The van der Waals surface area contributed by atoms with Gasteiger partial charge >= 0.3 is 5.97 Å². The van der Waals surface area contributed by atoms with Crippen molar-refractivity contribution in [3.8, 4) is 0 Å². The van der Waals surface area contributed by atoms with Crippen LogP contribution in [-0.2, 0) is 38.8 Å². The summed E-state index contributed by atoms with van der Waals surface area (Å²) >= 11 is 0. The molecule has 0 aliphatic rings. The monoisotopic (exact) mass is 532 g/mol. The highest BCUT2D eigenvalue weighted by atomic mass is 16.5. The molecule has 0 spiro atoms. The molecular formula is C34H44O5. The van der Waals surface area contributed by atoms with E-state index >= 15 is 0 Å². The maximum Gasteiger partial charge on any atom is 0.303 e. The molecule has 5 nitrogen and oxygen atoms in total. The van der Waals surface area contributed by atoms with E-state index in [0.29, 0.717) is 46.1 Å². The van der Waals surface area contributed by atoms with Gasteiger partial charge in [-0.15, -0.1) is 0 Å². The molecular weight excluding hydrogens is 488 g/mol. The molecule has 3 aromatic rings. The van der Waals surface area contributed by atoms with Gasteiger partial charge in [0.15, 0.2) is 0 Å². The molecule has 0 saturated carbocycles. The summed E-state index contributed by atoms with van der Waals surface area (Å²) < 4.78 is 17.9. The van der Waals surface area contributed by atoms with Crippen molar-refractivity contribution in [3.63, 3.8) is 0 Å². The Kier molecular flexibility index (Phi) is 14.4. The highest BCUT2D eigenvalue weighted by molar-refractivity contribution is 5.66.